The Morgan fingerprint density at radius 3 is 2.52 bits per heavy atom. The number of benzene rings is 1. The summed E-state index contributed by atoms with van der Waals surface area (Å²) >= 11 is 0. The van der Waals surface area contributed by atoms with E-state index in [9.17, 15) is 18.0 Å². The predicted octanol–water partition coefficient (Wildman–Crippen LogP) is 3.52. The molecule has 0 aromatic heterocycles. The first kappa shape index (κ1) is 15.8. The SMILES string of the molecule is CN1CCCCC1CC(=O)Nc1ccc(C(F)(F)F)cc1. The Hall–Kier alpha value is -1.56. The number of piperidine rings is 1. The minimum atomic E-state index is -4.35. The molecule has 1 unspecified atom stereocenters. The van der Waals surface area contributed by atoms with E-state index in [2.05, 4.69) is 10.2 Å². The minimum absolute atomic E-state index is 0.159. The number of halogens is 3. The lowest BCUT2D eigenvalue weighted by atomic mass is 10.00. The van der Waals surface area contributed by atoms with Crippen molar-refractivity contribution in [3.63, 3.8) is 0 Å². The lowest BCUT2D eigenvalue weighted by Crippen LogP contribution is -2.38. The van der Waals surface area contributed by atoms with E-state index < -0.39 is 11.7 Å². The molecule has 0 saturated carbocycles. The van der Waals surface area contributed by atoms with Gasteiger partial charge in [-0.1, -0.05) is 6.42 Å². The number of likely N-dealkylation sites (tertiary alicyclic amines) is 1. The van der Waals surface area contributed by atoms with Gasteiger partial charge in [-0.3, -0.25) is 4.79 Å². The number of anilines is 1. The molecule has 1 N–H and O–H groups in total. The molecular formula is C15H19F3N2O. The lowest BCUT2D eigenvalue weighted by molar-refractivity contribution is -0.137. The van der Waals surface area contributed by atoms with Gasteiger partial charge in [0.15, 0.2) is 0 Å². The van der Waals surface area contributed by atoms with Crippen LogP contribution in [0.3, 0.4) is 0 Å². The average Bonchev–Trinajstić information content (AvgIpc) is 2.41. The van der Waals surface area contributed by atoms with Crippen molar-refractivity contribution in [2.45, 2.75) is 37.9 Å². The van der Waals surface area contributed by atoms with Crippen molar-refractivity contribution in [1.82, 2.24) is 4.90 Å². The standard InChI is InChI=1S/C15H19F3N2O/c1-20-9-3-2-4-13(20)10-14(21)19-12-7-5-11(6-8-12)15(16,17)18/h5-8,13H,2-4,9-10H2,1H3,(H,19,21). The van der Waals surface area contributed by atoms with Crippen LogP contribution in [0.4, 0.5) is 18.9 Å². The van der Waals surface area contributed by atoms with Crippen molar-refractivity contribution in [2.24, 2.45) is 0 Å². The Labute approximate surface area is 122 Å². The number of alkyl halides is 3. The van der Waals surface area contributed by atoms with E-state index in [4.69, 9.17) is 0 Å². The molecule has 21 heavy (non-hydrogen) atoms. The van der Waals surface area contributed by atoms with Gasteiger partial charge >= 0.3 is 6.18 Å². The third-order valence-corrected chi connectivity index (χ3v) is 3.84. The van der Waals surface area contributed by atoms with Gasteiger partial charge in [0.1, 0.15) is 0 Å². The van der Waals surface area contributed by atoms with Crippen molar-refractivity contribution in [1.29, 1.82) is 0 Å². The first-order chi connectivity index (χ1) is 9.86. The van der Waals surface area contributed by atoms with Crippen LogP contribution in [0.25, 0.3) is 0 Å². The van der Waals surface area contributed by atoms with Gasteiger partial charge in [-0.2, -0.15) is 13.2 Å². The van der Waals surface area contributed by atoms with Crippen LogP contribution in [-0.2, 0) is 11.0 Å². The Kier molecular flexibility index (Phi) is 4.88. The zero-order valence-electron chi connectivity index (χ0n) is 11.9. The van der Waals surface area contributed by atoms with Gasteiger partial charge in [0, 0.05) is 18.2 Å². The lowest BCUT2D eigenvalue weighted by Gasteiger charge is -2.31. The van der Waals surface area contributed by atoms with Gasteiger partial charge in [-0.05, 0) is 50.7 Å². The first-order valence-corrected chi connectivity index (χ1v) is 7.03. The number of hydrogen-bond donors (Lipinski definition) is 1. The first-order valence-electron chi connectivity index (χ1n) is 7.03. The van der Waals surface area contributed by atoms with E-state index in [1.165, 1.54) is 12.1 Å². The van der Waals surface area contributed by atoms with E-state index in [0.29, 0.717) is 12.1 Å². The highest BCUT2D eigenvalue weighted by molar-refractivity contribution is 5.91. The molecule has 1 aromatic carbocycles. The highest BCUT2D eigenvalue weighted by atomic mass is 19.4. The van der Waals surface area contributed by atoms with Gasteiger partial charge in [-0.25, -0.2) is 0 Å². The summed E-state index contributed by atoms with van der Waals surface area (Å²) < 4.78 is 37.3. The summed E-state index contributed by atoms with van der Waals surface area (Å²) in [6.45, 7) is 0.984. The van der Waals surface area contributed by atoms with Crippen LogP contribution >= 0.6 is 0 Å². The number of carbonyl (C=O) groups excluding carboxylic acids is 1. The second-order valence-electron chi connectivity index (χ2n) is 5.46. The van der Waals surface area contributed by atoms with Crippen molar-refractivity contribution < 1.29 is 18.0 Å². The fourth-order valence-electron chi connectivity index (χ4n) is 2.57. The van der Waals surface area contributed by atoms with Crippen LogP contribution in [0.1, 0.15) is 31.2 Å². The van der Waals surface area contributed by atoms with Crippen molar-refractivity contribution in [3.8, 4) is 0 Å². The molecule has 1 fully saturated rings. The zero-order valence-corrected chi connectivity index (χ0v) is 11.9. The molecule has 0 radical (unpaired) electrons. The second-order valence-corrected chi connectivity index (χ2v) is 5.46. The highest BCUT2D eigenvalue weighted by Crippen LogP contribution is 2.29. The molecule has 0 spiro atoms. The zero-order chi connectivity index (χ0) is 15.5. The number of hydrogen-bond acceptors (Lipinski definition) is 2. The second kappa shape index (κ2) is 6.47. The van der Waals surface area contributed by atoms with Crippen LogP contribution in [0.15, 0.2) is 24.3 Å². The molecule has 1 amide bonds. The molecule has 0 aliphatic carbocycles. The van der Waals surface area contributed by atoms with Crippen LogP contribution in [-0.4, -0.2) is 30.4 Å². The molecule has 1 heterocycles. The molecule has 6 heteroatoms. The molecule has 1 atom stereocenters. The third kappa shape index (κ3) is 4.46. The summed E-state index contributed by atoms with van der Waals surface area (Å²) in [5, 5.41) is 2.66. The van der Waals surface area contributed by atoms with E-state index in [1.54, 1.807) is 0 Å². The summed E-state index contributed by atoms with van der Waals surface area (Å²) in [5.74, 6) is -0.159. The predicted molar refractivity (Wildman–Crippen MR) is 75.0 cm³/mol. The summed E-state index contributed by atoms with van der Waals surface area (Å²) in [5.41, 5.74) is -0.320. The van der Waals surface area contributed by atoms with Crippen molar-refractivity contribution in [2.75, 3.05) is 18.9 Å². The largest absolute Gasteiger partial charge is 0.416 e. The van der Waals surface area contributed by atoms with Crippen LogP contribution in [0.5, 0.6) is 0 Å². The maximum atomic E-state index is 12.4. The Morgan fingerprint density at radius 2 is 1.95 bits per heavy atom. The topological polar surface area (TPSA) is 32.3 Å². The molecule has 1 aromatic rings. The van der Waals surface area contributed by atoms with E-state index in [1.807, 2.05) is 7.05 Å². The van der Waals surface area contributed by atoms with Gasteiger partial charge < -0.3 is 10.2 Å². The summed E-state index contributed by atoms with van der Waals surface area (Å²) in [4.78, 5) is 14.1. The van der Waals surface area contributed by atoms with E-state index >= 15 is 0 Å². The highest BCUT2D eigenvalue weighted by Gasteiger charge is 2.30. The maximum Gasteiger partial charge on any atom is 0.416 e. The smallest absolute Gasteiger partial charge is 0.326 e. The number of rotatable bonds is 3. The summed E-state index contributed by atoms with van der Waals surface area (Å²) in [6, 6.07) is 4.73. The number of nitrogens with zero attached hydrogens (tertiary/aromatic N) is 1. The van der Waals surface area contributed by atoms with Crippen LogP contribution in [0.2, 0.25) is 0 Å². The summed E-state index contributed by atoms with van der Waals surface area (Å²) in [6.07, 6.45) is -0.738. The van der Waals surface area contributed by atoms with E-state index in [0.717, 1.165) is 37.9 Å². The van der Waals surface area contributed by atoms with Crippen molar-refractivity contribution in [3.05, 3.63) is 29.8 Å². The third-order valence-electron chi connectivity index (χ3n) is 3.84. The number of carbonyl (C=O) groups is 1. The van der Waals surface area contributed by atoms with Gasteiger partial charge in [0.05, 0.1) is 5.56 Å². The molecule has 1 aliphatic heterocycles. The van der Waals surface area contributed by atoms with Gasteiger partial charge in [0.2, 0.25) is 5.91 Å². The summed E-state index contributed by atoms with van der Waals surface area (Å²) in [7, 11) is 2.00. The molecular weight excluding hydrogens is 281 g/mol. The Bertz CT molecular complexity index is 485. The monoisotopic (exact) mass is 300 g/mol. The Balaban J connectivity index is 1.90. The fraction of sp³-hybridized carbons (Fsp3) is 0.533. The Morgan fingerprint density at radius 1 is 1.29 bits per heavy atom. The van der Waals surface area contributed by atoms with Crippen LogP contribution in [0, 0.1) is 0 Å². The number of nitrogens with one attached hydrogen (secondary N) is 1. The minimum Gasteiger partial charge on any atom is -0.326 e. The molecule has 2 rings (SSSR count). The molecule has 1 aliphatic rings. The molecule has 3 nitrogen and oxygen atoms in total. The average molecular weight is 300 g/mol. The molecule has 1 saturated heterocycles. The quantitative estimate of drug-likeness (QED) is 0.926. The number of amides is 1. The van der Waals surface area contributed by atoms with Crippen molar-refractivity contribution >= 4 is 11.6 Å². The van der Waals surface area contributed by atoms with Gasteiger partial charge in [-0.15, -0.1) is 0 Å². The van der Waals surface area contributed by atoms with Crippen LogP contribution < -0.4 is 5.32 Å². The van der Waals surface area contributed by atoms with E-state index in [-0.39, 0.29) is 11.9 Å². The fourth-order valence-corrected chi connectivity index (χ4v) is 2.57. The molecule has 116 valence electrons. The molecule has 0 bridgehead atoms. The maximum absolute atomic E-state index is 12.4. The van der Waals surface area contributed by atoms with Gasteiger partial charge in [0.25, 0.3) is 0 Å². The normalized spacial score (nSPS) is 20.3.